The summed E-state index contributed by atoms with van der Waals surface area (Å²) in [6.45, 7) is 6.02. The van der Waals surface area contributed by atoms with Crippen LogP contribution in [0.25, 0.3) is 0 Å². The van der Waals surface area contributed by atoms with Crippen LogP contribution in [-0.2, 0) is 0 Å². The van der Waals surface area contributed by atoms with Crippen LogP contribution in [0.4, 0.5) is 0 Å². The third-order valence-electron chi connectivity index (χ3n) is 4.84. The summed E-state index contributed by atoms with van der Waals surface area (Å²) in [4.78, 5) is 0. The van der Waals surface area contributed by atoms with Crippen molar-refractivity contribution in [3.05, 3.63) is 0 Å². The molecule has 1 N–H and O–H groups in total. The lowest BCUT2D eigenvalue weighted by Crippen LogP contribution is -2.51. The average Bonchev–Trinajstić information content (AvgIpc) is 2.28. The number of piperidine rings is 1. The van der Waals surface area contributed by atoms with Gasteiger partial charge in [0.2, 0.25) is 0 Å². The molecule has 1 saturated carbocycles. The zero-order valence-electron chi connectivity index (χ0n) is 9.81. The van der Waals surface area contributed by atoms with E-state index in [0.717, 1.165) is 12.0 Å². The Morgan fingerprint density at radius 2 is 1.86 bits per heavy atom. The summed E-state index contributed by atoms with van der Waals surface area (Å²) < 4.78 is 0. The van der Waals surface area contributed by atoms with Gasteiger partial charge in [0.1, 0.15) is 0 Å². The molecule has 2 fully saturated rings. The molecule has 0 amide bonds. The highest BCUT2D eigenvalue weighted by Gasteiger charge is 2.38. The number of hydrogen-bond donors (Lipinski definition) is 1. The van der Waals surface area contributed by atoms with Gasteiger partial charge in [-0.05, 0) is 43.4 Å². The van der Waals surface area contributed by atoms with E-state index in [4.69, 9.17) is 0 Å². The standard InChI is InChI=1S/C13H25N/c1-3-13(4-2)9-11-7-5-6-8-12(11)14-10-13/h11-12,14H,3-10H2,1-2H3/t11-,12+/m1/s1. The Kier molecular flexibility index (Phi) is 3.16. The van der Waals surface area contributed by atoms with Gasteiger partial charge in [-0.3, -0.25) is 0 Å². The molecular weight excluding hydrogens is 170 g/mol. The highest BCUT2D eigenvalue weighted by atomic mass is 15.0. The van der Waals surface area contributed by atoms with Crippen LogP contribution >= 0.6 is 0 Å². The summed E-state index contributed by atoms with van der Waals surface area (Å²) in [5.74, 6) is 0.998. The fourth-order valence-corrected chi connectivity index (χ4v) is 3.49. The van der Waals surface area contributed by atoms with Crippen LogP contribution in [0.2, 0.25) is 0 Å². The number of nitrogens with one attached hydrogen (secondary N) is 1. The fourth-order valence-electron chi connectivity index (χ4n) is 3.49. The van der Waals surface area contributed by atoms with E-state index < -0.39 is 0 Å². The van der Waals surface area contributed by atoms with Crippen LogP contribution in [0.1, 0.15) is 58.8 Å². The quantitative estimate of drug-likeness (QED) is 0.712. The van der Waals surface area contributed by atoms with E-state index in [-0.39, 0.29) is 0 Å². The molecule has 1 aliphatic carbocycles. The third kappa shape index (κ3) is 1.84. The van der Waals surface area contributed by atoms with Crippen molar-refractivity contribution in [3.8, 4) is 0 Å². The second kappa shape index (κ2) is 4.22. The molecule has 2 rings (SSSR count). The molecule has 1 nitrogen and oxygen atoms in total. The van der Waals surface area contributed by atoms with Gasteiger partial charge in [0, 0.05) is 12.6 Å². The maximum absolute atomic E-state index is 3.81. The van der Waals surface area contributed by atoms with E-state index in [1.54, 1.807) is 0 Å². The lowest BCUT2D eigenvalue weighted by Gasteiger charge is -2.47. The molecule has 0 aromatic rings. The Balaban J connectivity index is 2.01. The summed E-state index contributed by atoms with van der Waals surface area (Å²) in [6.07, 6.45) is 10.1. The Bertz CT molecular complexity index is 184. The normalized spacial score (nSPS) is 36.4. The van der Waals surface area contributed by atoms with Crippen LogP contribution in [0.5, 0.6) is 0 Å². The van der Waals surface area contributed by atoms with Gasteiger partial charge in [0.15, 0.2) is 0 Å². The van der Waals surface area contributed by atoms with Gasteiger partial charge in [-0.15, -0.1) is 0 Å². The van der Waals surface area contributed by atoms with Gasteiger partial charge < -0.3 is 5.32 Å². The first-order valence-corrected chi connectivity index (χ1v) is 6.53. The van der Waals surface area contributed by atoms with Gasteiger partial charge >= 0.3 is 0 Å². The van der Waals surface area contributed by atoms with Crippen molar-refractivity contribution in [3.63, 3.8) is 0 Å². The second-order valence-electron chi connectivity index (χ2n) is 5.44. The van der Waals surface area contributed by atoms with Gasteiger partial charge in [0.25, 0.3) is 0 Å². The predicted molar refractivity (Wildman–Crippen MR) is 61.4 cm³/mol. The molecule has 2 aliphatic rings. The van der Waals surface area contributed by atoms with Crippen LogP contribution in [-0.4, -0.2) is 12.6 Å². The number of rotatable bonds is 2. The molecule has 82 valence electrons. The van der Waals surface area contributed by atoms with Crippen molar-refractivity contribution in [2.75, 3.05) is 6.54 Å². The van der Waals surface area contributed by atoms with E-state index in [0.29, 0.717) is 5.41 Å². The Hall–Kier alpha value is -0.0400. The van der Waals surface area contributed by atoms with E-state index in [2.05, 4.69) is 19.2 Å². The minimum atomic E-state index is 0.637. The Labute approximate surface area is 88.7 Å². The van der Waals surface area contributed by atoms with Crippen LogP contribution in [0, 0.1) is 11.3 Å². The minimum Gasteiger partial charge on any atom is -0.313 e. The maximum atomic E-state index is 3.81. The van der Waals surface area contributed by atoms with Crippen molar-refractivity contribution in [1.29, 1.82) is 0 Å². The lowest BCUT2D eigenvalue weighted by molar-refractivity contribution is 0.0823. The molecule has 0 spiro atoms. The molecular formula is C13H25N. The van der Waals surface area contributed by atoms with E-state index in [1.165, 1.54) is 51.5 Å². The summed E-state index contributed by atoms with van der Waals surface area (Å²) in [7, 11) is 0. The topological polar surface area (TPSA) is 12.0 Å². The first kappa shape index (κ1) is 10.5. The smallest absolute Gasteiger partial charge is 0.00957 e. The molecule has 0 radical (unpaired) electrons. The van der Waals surface area contributed by atoms with Crippen LogP contribution in [0.3, 0.4) is 0 Å². The maximum Gasteiger partial charge on any atom is 0.00957 e. The molecule has 0 unspecified atom stereocenters. The second-order valence-corrected chi connectivity index (χ2v) is 5.44. The van der Waals surface area contributed by atoms with Crippen molar-refractivity contribution in [2.45, 2.75) is 64.8 Å². The summed E-state index contributed by atoms with van der Waals surface area (Å²) >= 11 is 0. The van der Waals surface area contributed by atoms with Crippen molar-refractivity contribution >= 4 is 0 Å². The van der Waals surface area contributed by atoms with Crippen molar-refractivity contribution in [2.24, 2.45) is 11.3 Å². The van der Waals surface area contributed by atoms with Gasteiger partial charge in [-0.2, -0.15) is 0 Å². The first-order chi connectivity index (χ1) is 6.79. The van der Waals surface area contributed by atoms with Crippen LogP contribution in [0.15, 0.2) is 0 Å². The molecule has 1 heterocycles. The summed E-state index contributed by atoms with van der Waals surface area (Å²) in [5, 5.41) is 3.81. The molecule has 2 atom stereocenters. The van der Waals surface area contributed by atoms with Crippen LogP contribution < -0.4 is 5.32 Å². The van der Waals surface area contributed by atoms with E-state index in [1.807, 2.05) is 0 Å². The molecule has 14 heavy (non-hydrogen) atoms. The highest BCUT2D eigenvalue weighted by Crippen LogP contribution is 2.42. The molecule has 1 heteroatoms. The predicted octanol–water partition coefficient (Wildman–Crippen LogP) is 3.34. The van der Waals surface area contributed by atoms with Crippen molar-refractivity contribution < 1.29 is 0 Å². The Morgan fingerprint density at radius 3 is 2.57 bits per heavy atom. The van der Waals surface area contributed by atoms with Gasteiger partial charge in [-0.1, -0.05) is 26.7 Å². The molecule has 0 aromatic carbocycles. The number of hydrogen-bond acceptors (Lipinski definition) is 1. The largest absolute Gasteiger partial charge is 0.313 e. The first-order valence-electron chi connectivity index (χ1n) is 6.53. The average molecular weight is 195 g/mol. The zero-order valence-corrected chi connectivity index (χ0v) is 9.81. The minimum absolute atomic E-state index is 0.637. The summed E-state index contributed by atoms with van der Waals surface area (Å²) in [5.41, 5.74) is 0.637. The molecule has 0 bridgehead atoms. The fraction of sp³-hybridized carbons (Fsp3) is 1.00. The highest BCUT2D eigenvalue weighted by molar-refractivity contribution is 4.94. The third-order valence-corrected chi connectivity index (χ3v) is 4.84. The summed E-state index contributed by atoms with van der Waals surface area (Å²) in [6, 6.07) is 0.870. The SMILES string of the molecule is CCC1(CC)CN[C@H]2CCCC[C@@H]2C1. The van der Waals surface area contributed by atoms with Gasteiger partial charge in [-0.25, -0.2) is 0 Å². The lowest BCUT2D eigenvalue weighted by atomic mass is 9.66. The molecule has 1 saturated heterocycles. The zero-order chi connectivity index (χ0) is 10.0. The Morgan fingerprint density at radius 1 is 1.14 bits per heavy atom. The number of fused-ring (bicyclic) bond motifs is 1. The van der Waals surface area contributed by atoms with E-state index >= 15 is 0 Å². The monoisotopic (exact) mass is 195 g/mol. The van der Waals surface area contributed by atoms with E-state index in [9.17, 15) is 0 Å². The molecule has 1 aliphatic heterocycles. The molecule has 0 aromatic heterocycles. The van der Waals surface area contributed by atoms with Crippen molar-refractivity contribution in [1.82, 2.24) is 5.32 Å². The van der Waals surface area contributed by atoms with Gasteiger partial charge in [0.05, 0.1) is 0 Å².